The Morgan fingerprint density at radius 2 is 1.96 bits per heavy atom. The first-order valence-electron chi connectivity index (χ1n) is 8.23. The highest BCUT2D eigenvalue weighted by Gasteiger charge is 2.35. The first-order chi connectivity index (χ1) is 12.0. The fraction of sp³-hybridized carbons (Fsp3) is 0.562. The summed E-state index contributed by atoms with van der Waals surface area (Å²) in [6.45, 7) is 2.33. The van der Waals surface area contributed by atoms with Crippen LogP contribution in [0.4, 0.5) is 0 Å². The van der Waals surface area contributed by atoms with E-state index in [4.69, 9.17) is 0 Å². The maximum atomic E-state index is 13.0. The Hall–Kier alpha value is -0.970. The number of amides is 1. The van der Waals surface area contributed by atoms with E-state index in [1.165, 1.54) is 26.2 Å². The molecule has 0 aliphatic carbocycles. The zero-order chi connectivity index (χ0) is 19.7. The topological polar surface area (TPSA) is 91.8 Å². The number of halogens is 1. The summed E-state index contributed by atoms with van der Waals surface area (Å²) in [7, 11) is -4.01. The number of benzene rings is 1. The molecule has 1 aliphatic rings. The van der Waals surface area contributed by atoms with Crippen LogP contribution in [0, 0.1) is 0 Å². The molecule has 26 heavy (non-hydrogen) atoms. The third-order valence-electron chi connectivity index (χ3n) is 4.31. The molecule has 1 aromatic rings. The predicted molar refractivity (Wildman–Crippen MR) is 103 cm³/mol. The molecule has 1 saturated heterocycles. The van der Waals surface area contributed by atoms with Crippen LogP contribution < -0.4 is 0 Å². The van der Waals surface area contributed by atoms with Crippen molar-refractivity contribution >= 4 is 41.7 Å². The largest absolute Gasteiger partial charge is 0.335 e. The van der Waals surface area contributed by atoms with E-state index in [1.54, 1.807) is 11.0 Å². The van der Waals surface area contributed by atoms with E-state index in [0.29, 0.717) is 23.9 Å². The van der Waals surface area contributed by atoms with Gasteiger partial charge >= 0.3 is 0 Å². The van der Waals surface area contributed by atoms with Crippen LogP contribution in [0.3, 0.4) is 0 Å². The van der Waals surface area contributed by atoms with Gasteiger partial charge in [0.05, 0.1) is 16.4 Å². The predicted octanol–water partition coefficient (Wildman–Crippen LogP) is 1.74. The number of hydrogen-bond acceptors (Lipinski definition) is 5. The van der Waals surface area contributed by atoms with Crippen LogP contribution in [0.25, 0.3) is 0 Å². The second kappa shape index (κ2) is 7.95. The number of rotatable bonds is 6. The van der Waals surface area contributed by atoms with Crippen molar-refractivity contribution in [2.24, 2.45) is 0 Å². The van der Waals surface area contributed by atoms with E-state index < -0.39 is 19.9 Å². The maximum Gasteiger partial charge on any atom is 0.254 e. The summed E-state index contributed by atoms with van der Waals surface area (Å²) in [5.74, 6) is -0.319. The van der Waals surface area contributed by atoms with Gasteiger partial charge in [0.2, 0.25) is 10.0 Å². The van der Waals surface area contributed by atoms with Crippen LogP contribution in [0.1, 0.15) is 30.1 Å². The number of sulfonamides is 1. The fourth-order valence-corrected chi connectivity index (χ4v) is 6.48. The second-order valence-electron chi connectivity index (χ2n) is 6.49. The summed E-state index contributed by atoms with van der Waals surface area (Å²) < 4.78 is 49.9. The van der Waals surface area contributed by atoms with Crippen molar-refractivity contribution in [1.29, 1.82) is 0 Å². The Balaban J connectivity index is 2.41. The number of nitrogens with zero attached hydrogens (tertiary/aromatic N) is 2. The molecule has 10 heteroatoms. The average molecular weight is 467 g/mol. The van der Waals surface area contributed by atoms with E-state index in [0.717, 1.165) is 4.31 Å². The van der Waals surface area contributed by atoms with E-state index in [9.17, 15) is 21.6 Å². The quantitative estimate of drug-likeness (QED) is 0.636. The second-order valence-corrected chi connectivity index (χ2v) is 11.7. The molecule has 7 nitrogen and oxygen atoms in total. The molecule has 1 aliphatic heterocycles. The number of carbonyl (C=O) groups is 1. The van der Waals surface area contributed by atoms with Gasteiger partial charge in [0, 0.05) is 36.7 Å². The van der Waals surface area contributed by atoms with Gasteiger partial charge < -0.3 is 4.90 Å². The molecule has 0 N–H and O–H groups in total. The number of hydrogen-bond donors (Lipinski definition) is 0. The minimum atomic E-state index is -3.72. The molecule has 0 saturated carbocycles. The Bertz CT molecular complexity index is 897. The summed E-state index contributed by atoms with van der Waals surface area (Å²) in [6, 6.07) is 4.05. The third kappa shape index (κ3) is 4.47. The van der Waals surface area contributed by atoms with Crippen molar-refractivity contribution in [3.05, 3.63) is 28.2 Å². The Kier molecular flexibility index (Phi) is 6.53. The Morgan fingerprint density at radius 3 is 2.46 bits per heavy atom. The monoisotopic (exact) mass is 466 g/mol. The van der Waals surface area contributed by atoms with Crippen LogP contribution in [-0.4, -0.2) is 70.1 Å². The van der Waals surface area contributed by atoms with E-state index in [-0.39, 0.29) is 33.9 Å². The van der Waals surface area contributed by atoms with Crippen LogP contribution in [0.2, 0.25) is 0 Å². The molecule has 1 atom stereocenters. The zero-order valence-electron chi connectivity index (χ0n) is 15.0. The molecule has 1 unspecified atom stereocenters. The van der Waals surface area contributed by atoms with Crippen LogP contribution >= 0.6 is 15.9 Å². The highest BCUT2D eigenvalue weighted by molar-refractivity contribution is 9.10. The molecule has 0 bridgehead atoms. The molecule has 0 radical (unpaired) electrons. The third-order valence-corrected chi connectivity index (χ3v) is 8.87. The highest BCUT2D eigenvalue weighted by atomic mass is 79.9. The van der Waals surface area contributed by atoms with Crippen LogP contribution in [0.15, 0.2) is 27.6 Å². The van der Waals surface area contributed by atoms with Crippen molar-refractivity contribution in [3.63, 3.8) is 0 Å². The standard InChI is InChI=1S/C16H23BrN2O5S2/c1-4-8-19(13-7-9-25(21,22)11-13)16(20)12-5-6-14(17)15(10-12)26(23,24)18(2)3/h5-6,10,13H,4,7-9,11H2,1-3H3. The minimum absolute atomic E-state index is 0.00356. The van der Waals surface area contributed by atoms with Gasteiger partial charge in [-0.1, -0.05) is 6.92 Å². The highest BCUT2D eigenvalue weighted by Crippen LogP contribution is 2.27. The first-order valence-corrected chi connectivity index (χ1v) is 12.3. The molecule has 1 aromatic carbocycles. The van der Waals surface area contributed by atoms with Gasteiger partial charge in [-0.2, -0.15) is 0 Å². The van der Waals surface area contributed by atoms with Crippen molar-refractivity contribution in [2.45, 2.75) is 30.7 Å². The van der Waals surface area contributed by atoms with Gasteiger partial charge in [-0.25, -0.2) is 21.1 Å². The summed E-state index contributed by atoms with van der Waals surface area (Å²) >= 11 is 3.22. The zero-order valence-corrected chi connectivity index (χ0v) is 18.2. The van der Waals surface area contributed by atoms with E-state index in [2.05, 4.69) is 15.9 Å². The van der Waals surface area contributed by atoms with E-state index in [1.807, 2.05) is 6.92 Å². The first kappa shape index (κ1) is 21.3. The van der Waals surface area contributed by atoms with Gasteiger partial charge in [-0.05, 0) is 47.0 Å². The fourth-order valence-electron chi connectivity index (χ4n) is 2.91. The van der Waals surface area contributed by atoms with Gasteiger partial charge in [0.1, 0.15) is 0 Å². The molecular formula is C16H23BrN2O5S2. The van der Waals surface area contributed by atoms with Crippen molar-refractivity contribution in [2.75, 3.05) is 32.1 Å². The molecular weight excluding hydrogens is 444 g/mol. The van der Waals surface area contributed by atoms with E-state index >= 15 is 0 Å². The minimum Gasteiger partial charge on any atom is -0.335 e. The smallest absolute Gasteiger partial charge is 0.254 e. The lowest BCUT2D eigenvalue weighted by Crippen LogP contribution is -2.41. The van der Waals surface area contributed by atoms with Gasteiger partial charge in [-0.15, -0.1) is 0 Å². The van der Waals surface area contributed by atoms with Crippen molar-refractivity contribution in [1.82, 2.24) is 9.21 Å². The number of carbonyl (C=O) groups excluding carboxylic acids is 1. The van der Waals surface area contributed by atoms with Crippen molar-refractivity contribution in [3.8, 4) is 0 Å². The van der Waals surface area contributed by atoms with Gasteiger partial charge in [-0.3, -0.25) is 4.79 Å². The number of sulfone groups is 1. The molecule has 1 fully saturated rings. The molecule has 0 aromatic heterocycles. The lowest BCUT2D eigenvalue weighted by molar-refractivity contribution is 0.0697. The Labute approximate surface area is 163 Å². The molecule has 2 rings (SSSR count). The van der Waals surface area contributed by atoms with Crippen LogP contribution in [0.5, 0.6) is 0 Å². The summed E-state index contributed by atoms with van der Waals surface area (Å²) in [4.78, 5) is 14.6. The molecule has 1 heterocycles. The molecule has 146 valence electrons. The summed E-state index contributed by atoms with van der Waals surface area (Å²) in [5.41, 5.74) is 0.228. The lowest BCUT2D eigenvalue weighted by Gasteiger charge is -2.28. The summed E-state index contributed by atoms with van der Waals surface area (Å²) in [6.07, 6.45) is 1.09. The van der Waals surface area contributed by atoms with Gasteiger partial charge in [0.25, 0.3) is 5.91 Å². The Morgan fingerprint density at radius 1 is 1.31 bits per heavy atom. The lowest BCUT2D eigenvalue weighted by atomic mass is 10.1. The SMILES string of the molecule is CCCN(C(=O)c1ccc(Br)c(S(=O)(=O)N(C)C)c1)C1CCS(=O)(=O)C1. The maximum absolute atomic E-state index is 13.0. The summed E-state index contributed by atoms with van der Waals surface area (Å²) in [5, 5.41) is 0. The van der Waals surface area contributed by atoms with Crippen molar-refractivity contribution < 1.29 is 21.6 Å². The molecule has 0 spiro atoms. The molecule has 1 amide bonds. The average Bonchev–Trinajstić information content (AvgIpc) is 2.91. The van der Waals surface area contributed by atoms with Gasteiger partial charge in [0.15, 0.2) is 9.84 Å². The van der Waals surface area contributed by atoms with Crippen LogP contribution in [-0.2, 0) is 19.9 Å². The normalized spacial score (nSPS) is 19.7.